The minimum Gasteiger partial charge on any atom is -0.362 e. The quantitative estimate of drug-likeness (QED) is 0.816. The first-order valence-electron chi connectivity index (χ1n) is 7.90. The molecule has 2 aliphatic rings. The first-order valence-corrected chi connectivity index (χ1v) is 8.89. The van der Waals surface area contributed by atoms with E-state index in [0.29, 0.717) is 11.5 Å². The van der Waals surface area contributed by atoms with E-state index in [0.717, 1.165) is 18.4 Å². The lowest BCUT2D eigenvalue weighted by molar-refractivity contribution is 0.263. The first-order chi connectivity index (χ1) is 8.97. The lowest BCUT2D eigenvalue weighted by Crippen LogP contribution is -2.46. The number of amidine groups is 1. The molecule has 1 aliphatic carbocycles. The van der Waals surface area contributed by atoms with E-state index in [1.54, 1.807) is 0 Å². The molecule has 19 heavy (non-hydrogen) atoms. The normalized spacial score (nSPS) is 35.2. The van der Waals surface area contributed by atoms with E-state index >= 15 is 0 Å². The molecule has 0 bridgehead atoms. The van der Waals surface area contributed by atoms with Gasteiger partial charge in [0.15, 0.2) is 5.17 Å². The van der Waals surface area contributed by atoms with Crippen LogP contribution in [0.25, 0.3) is 0 Å². The molecule has 0 radical (unpaired) electrons. The van der Waals surface area contributed by atoms with Crippen LogP contribution in [0.4, 0.5) is 0 Å². The zero-order valence-electron chi connectivity index (χ0n) is 13.0. The van der Waals surface area contributed by atoms with E-state index in [9.17, 15) is 0 Å². The summed E-state index contributed by atoms with van der Waals surface area (Å²) in [5.74, 6) is 2.90. The van der Waals surface area contributed by atoms with Gasteiger partial charge in [-0.05, 0) is 30.1 Å². The molecule has 1 saturated heterocycles. The standard InChI is InChI=1S/C16H30N2S/c1-12-7-5-6-8-13(12)11-17-15-18-14(9-10-19-15)16(2,3)4/h12-14H,5-11H2,1-4H3,(H,17,18). The molecule has 110 valence electrons. The predicted octanol–water partition coefficient (Wildman–Crippen LogP) is 4.31. The fraction of sp³-hybridized carbons (Fsp3) is 0.938. The number of thioether (sulfide) groups is 1. The molecule has 3 atom stereocenters. The predicted molar refractivity (Wildman–Crippen MR) is 86.9 cm³/mol. The van der Waals surface area contributed by atoms with Gasteiger partial charge in [-0.15, -0.1) is 0 Å². The van der Waals surface area contributed by atoms with Crippen molar-refractivity contribution in [3.8, 4) is 0 Å². The Morgan fingerprint density at radius 2 is 1.95 bits per heavy atom. The molecule has 3 unspecified atom stereocenters. The lowest BCUT2D eigenvalue weighted by atomic mass is 9.80. The SMILES string of the molecule is CC1CCCCC1CN=C1NC(C(C)(C)C)CCS1. The van der Waals surface area contributed by atoms with Crippen LogP contribution < -0.4 is 5.32 Å². The van der Waals surface area contributed by atoms with Crippen molar-refractivity contribution in [2.75, 3.05) is 12.3 Å². The maximum Gasteiger partial charge on any atom is 0.156 e. The topological polar surface area (TPSA) is 24.4 Å². The molecule has 0 spiro atoms. The molecule has 3 heteroatoms. The van der Waals surface area contributed by atoms with Crippen molar-refractivity contribution in [1.82, 2.24) is 5.32 Å². The summed E-state index contributed by atoms with van der Waals surface area (Å²) in [6, 6.07) is 0.580. The highest BCUT2D eigenvalue weighted by Crippen LogP contribution is 2.31. The number of hydrogen-bond donors (Lipinski definition) is 1. The Bertz CT molecular complexity index is 319. The van der Waals surface area contributed by atoms with Gasteiger partial charge in [0.2, 0.25) is 0 Å². The highest BCUT2D eigenvalue weighted by atomic mass is 32.2. The lowest BCUT2D eigenvalue weighted by Gasteiger charge is -2.36. The maximum atomic E-state index is 4.89. The summed E-state index contributed by atoms with van der Waals surface area (Å²) < 4.78 is 0. The summed E-state index contributed by atoms with van der Waals surface area (Å²) in [5.41, 5.74) is 0.333. The van der Waals surface area contributed by atoms with Crippen LogP contribution in [-0.4, -0.2) is 23.5 Å². The van der Waals surface area contributed by atoms with E-state index in [2.05, 4.69) is 33.0 Å². The van der Waals surface area contributed by atoms with Gasteiger partial charge >= 0.3 is 0 Å². The van der Waals surface area contributed by atoms with E-state index < -0.39 is 0 Å². The Morgan fingerprint density at radius 1 is 1.21 bits per heavy atom. The minimum absolute atomic E-state index is 0.333. The van der Waals surface area contributed by atoms with Crippen LogP contribution in [0, 0.1) is 17.3 Å². The second kappa shape index (κ2) is 6.51. The Morgan fingerprint density at radius 3 is 2.63 bits per heavy atom. The van der Waals surface area contributed by atoms with E-state index in [1.807, 2.05) is 11.8 Å². The first kappa shape index (κ1) is 15.2. The number of rotatable bonds is 2. The molecular formula is C16H30N2S. The van der Waals surface area contributed by atoms with E-state index in [1.165, 1.54) is 43.0 Å². The van der Waals surface area contributed by atoms with Gasteiger partial charge in [-0.2, -0.15) is 0 Å². The van der Waals surface area contributed by atoms with Gasteiger partial charge in [0.1, 0.15) is 0 Å². The average Bonchev–Trinajstić information content (AvgIpc) is 2.37. The Hall–Kier alpha value is -0.180. The van der Waals surface area contributed by atoms with Gasteiger partial charge in [0.05, 0.1) is 0 Å². The summed E-state index contributed by atoms with van der Waals surface area (Å²) in [6.45, 7) is 10.4. The van der Waals surface area contributed by atoms with Gasteiger partial charge in [0, 0.05) is 18.3 Å². The maximum absolute atomic E-state index is 4.89. The fourth-order valence-electron chi connectivity index (χ4n) is 3.14. The number of nitrogens with one attached hydrogen (secondary N) is 1. The smallest absolute Gasteiger partial charge is 0.156 e. The van der Waals surface area contributed by atoms with Crippen molar-refractivity contribution in [1.29, 1.82) is 0 Å². The number of hydrogen-bond acceptors (Lipinski definition) is 2. The molecule has 0 aromatic carbocycles. The summed E-state index contributed by atoms with van der Waals surface area (Å²) in [4.78, 5) is 4.89. The van der Waals surface area contributed by atoms with Crippen molar-refractivity contribution in [3.63, 3.8) is 0 Å². The summed E-state index contributed by atoms with van der Waals surface area (Å²) in [7, 11) is 0. The zero-order chi connectivity index (χ0) is 13.9. The Labute approximate surface area is 123 Å². The molecule has 1 aliphatic heterocycles. The number of aliphatic imine (C=N–C) groups is 1. The second-order valence-electron chi connectivity index (χ2n) is 7.37. The molecule has 0 aromatic rings. The second-order valence-corrected chi connectivity index (χ2v) is 8.45. The van der Waals surface area contributed by atoms with Gasteiger partial charge < -0.3 is 5.32 Å². The van der Waals surface area contributed by atoms with Crippen LogP contribution in [0.15, 0.2) is 4.99 Å². The highest BCUT2D eigenvalue weighted by molar-refractivity contribution is 8.13. The fourth-order valence-corrected chi connectivity index (χ4v) is 4.08. The molecular weight excluding hydrogens is 252 g/mol. The third kappa shape index (κ3) is 4.40. The minimum atomic E-state index is 0.333. The molecule has 2 rings (SSSR count). The van der Waals surface area contributed by atoms with Gasteiger partial charge in [-0.1, -0.05) is 58.7 Å². The summed E-state index contributed by atoms with van der Waals surface area (Å²) >= 11 is 1.91. The Balaban J connectivity index is 1.88. The summed E-state index contributed by atoms with van der Waals surface area (Å²) in [6.07, 6.45) is 6.87. The van der Waals surface area contributed by atoms with Crippen LogP contribution in [0.2, 0.25) is 0 Å². The largest absolute Gasteiger partial charge is 0.362 e. The molecule has 0 aromatic heterocycles. The molecule has 2 nitrogen and oxygen atoms in total. The van der Waals surface area contributed by atoms with Crippen LogP contribution in [0.3, 0.4) is 0 Å². The molecule has 0 amide bonds. The van der Waals surface area contributed by atoms with Crippen LogP contribution >= 0.6 is 11.8 Å². The zero-order valence-corrected chi connectivity index (χ0v) is 13.9. The van der Waals surface area contributed by atoms with Crippen molar-refractivity contribution in [3.05, 3.63) is 0 Å². The Kier molecular flexibility index (Phi) is 5.22. The highest BCUT2D eigenvalue weighted by Gasteiger charge is 2.28. The van der Waals surface area contributed by atoms with Crippen molar-refractivity contribution in [2.24, 2.45) is 22.2 Å². The van der Waals surface area contributed by atoms with Crippen molar-refractivity contribution in [2.45, 2.75) is 65.8 Å². The van der Waals surface area contributed by atoms with E-state index in [-0.39, 0.29) is 0 Å². The molecule has 1 N–H and O–H groups in total. The van der Waals surface area contributed by atoms with Crippen molar-refractivity contribution >= 4 is 16.9 Å². The molecule has 1 heterocycles. The van der Waals surface area contributed by atoms with Crippen LogP contribution in [-0.2, 0) is 0 Å². The average molecular weight is 282 g/mol. The molecule has 2 fully saturated rings. The number of nitrogens with zero attached hydrogens (tertiary/aromatic N) is 1. The van der Waals surface area contributed by atoms with Gasteiger partial charge in [0.25, 0.3) is 0 Å². The van der Waals surface area contributed by atoms with Crippen molar-refractivity contribution < 1.29 is 0 Å². The third-order valence-corrected chi connectivity index (χ3v) is 5.71. The summed E-state index contributed by atoms with van der Waals surface area (Å²) in [5, 5.41) is 4.86. The van der Waals surface area contributed by atoms with E-state index in [4.69, 9.17) is 4.99 Å². The van der Waals surface area contributed by atoms with Crippen LogP contribution in [0.1, 0.15) is 59.8 Å². The van der Waals surface area contributed by atoms with Gasteiger partial charge in [-0.25, -0.2) is 0 Å². The molecule has 1 saturated carbocycles. The monoisotopic (exact) mass is 282 g/mol. The van der Waals surface area contributed by atoms with Gasteiger partial charge in [-0.3, -0.25) is 4.99 Å². The third-order valence-electron chi connectivity index (χ3n) is 4.75. The van der Waals surface area contributed by atoms with Crippen LogP contribution in [0.5, 0.6) is 0 Å².